The van der Waals surface area contributed by atoms with E-state index in [9.17, 15) is 4.79 Å². The molecule has 1 aromatic heterocycles. The molecule has 3 saturated heterocycles. The van der Waals surface area contributed by atoms with E-state index in [1.165, 1.54) is 0 Å². The van der Waals surface area contributed by atoms with E-state index in [0.717, 1.165) is 10.9 Å². The van der Waals surface area contributed by atoms with Crippen LogP contribution in [-0.4, -0.2) is 48.7 Å². The average molecular weight is 358 g/mol. The minimum Gasteiger partial charge on any atom is -0.370 e. The summed E-state index contributed by atoms with van der Waals surface area (Å²) >= 11 is 0. The van der Waals surface area contributed by atoms with E-state index in [0.29, 0.717) is 25.5 Å². The van der Waals surface area contributed by atoms with Crippen LogP contribution in [0.3, 0.4) is 0 Å². The third-order valence-corrected chi connectivity index (χ3v) is 4.73. The van der Waals surface area contributed by atoms with Crippen LogP contribution in [0.25, 0.3) is 10.9 Å². The number of ether oxygens (including phenoxy) is 3. The highest BCUT2D eigenvalue weighted by atomic mass is 16.9. The molecule has 1 atom stereocenters. The fourth-order valence-electron chi connectivity index (χ4n) is 3.14. The number of carbonyl (C=O) groups excluding carboxylic acids is 1. The second kappa shape index (κ2) is 6.08. The lowest BCUT2D eigenvalue weighted by molar-refractivity contribution is -0.470. The topological polar surface area (TPSA) is 111 Å². The molecule has 0 aliphatic carbocycles. The molecule has 3 aliphatic heterocycles. The maximum atomic E-state index is 12.4. The summed E-state index contributed by atoms with van der Waals surface area (Å²) in [4.78, 5) is 19.7. The van der Waals surface area contributed by atoms with Crippen LogP contribution < -0.4 is 11.1 Å². The van der Waals surface area contributed by atoms with Crippen LogP contribution in [0, 0.1) is 5.41 Å². The van der Waals surface area contributed by atoms with Gasteiger partial charge in [-0.3, -0.25) is 10.1 Å². The normalized spacial score (nSPS) is 29.7. The number of para-hydroxylation sites is 1. The van der Waals surface area contributed by atoms with Crippen molar-refractivity contribution in [2.45, 2.75) is 25.9 Å². The Labute approximate surface area is 150 Å². The number of carbonyl (C=O) groups is 1. The van der Waals surface area contributed by atoms with E-state index >= 15 is 0 Å². The Morgan fingerprint density at radius 3 is 2.58 bits per heavy atom. The monoisotopic (exact) mass is 358 g/mol. The summed E-state index contributed by atoms with van der Waals surface area (Å²) < 4.78 is 17.2. The second-order valence-electron chi connectivity index (χ2n) is 7.19. The SMILES string of the molecule is CC(N=C(N)NC(=O)c1cc2ccccc2[nH]1)C12OCC(C)(CO1)CO2. The molecular weight excluding hydrogens is 336 g/mol. The number of hydrogen-bond acceptors (Lipinski definition) is 5. The Balaban J connectivity index is 1.45. The molecule has 3 fully saturated rings. The largest absolute Gasteiger partial charge is 0.370 e. The van der Waals surface area contributed by atoms with Gasteiger partial charge in [0.25, 0.3) is 5.91 Å². The Hall–Kier alpha value is -2.42. The summed E-state index contributed by atoms with van der Waals surface area (Å²) in [6, 6.07) is 8.86. The number of rotatable bonds is 3. The summed E-state index contributed by atoms with van der Waals surface area (Å²) in [5.41, 5.74) is 7.06. The average Bonchev–Trinajstić information content (AvgIpc) is 3.07. The second-order valence-corrected chi connectivity index (χ2v) is 7.19. The predicted molar refractivity (Wildman–Crippen MR) is 95.5 cm³/mol. The number of fused-ring (bicyclic) bond motifs is 4. The Morgan fingerprint density at radius 1 is 1.27 bits per heavy atom. The third kappa shape index (κ3) is 2.96. The number of hydrogen-bond donors (Lipinski definition) is 3. The minimum absolute atomic E-state index is 0.0229. The van der Waals surface area contributed by atoms with Crippen molar-refractivity contribution in [1.29, 1.82) is 0 Å². The van der Waals surface area contributed by atoms with Gasteiger partial charge >= 0.3 is 5.97 Å². The number of aromatic amines is 1. The first kappa shape index (κ1) is 17.0. The number of guanidine groups is 1. The van der Waals surface area contributed by atoms with Crippen molar-refractivity contribution < 1.29 is 19.0 Å². The highest BCUT2D eigenvalue weighted by Crippen LogP contribution is 2.40. The van der Waals surface area contributed by atoms with Gasteiger partial charge in [-0.05, 0) is 19.1 Å². The van der Waals surface area contributed by atoms with E-state index in [2.05, 4.69) is 15.3 Å². The van der Waals surface area contributed by atoms with Crippen molar-refractivity contribution in [3.8, 4) is 0 Å². The number of H-pyrrole nitrogens is 1. The van der Waals surface area contributed by atoms with Gasteiger partial charge in [-0.2, -0.15) is 0 Å². The molecule has 3 aliphatic rings. The number of nitrogens with one attached hydrogen (secondary N) is 2. The molecule has 2 bridgehead atoms. The van der Waals surface area contributed by atoms with Crippen LogP contribution in [0.4, 0.5) is 0 Å². The van der Waals surface area contributed by atoms with Gasteiger partial charge < -0.3 is 24.9 Å². The fourth-order valence-corrected chi connectivity index (χ4v) is 3.14. The molecule has 2 aromatic rings. The Kier molecular flexibility index (Phi) is 3.98. The maximum absolute atomic E-state index is 12.4. The van der Waals surface area contributed by atoms with Gasteiger partial charge in [-0.1, -0.05) is 25.1 Å². The quantitative estimate of drug-likeness (QED) is 0.566. The summed E-state index contributed by atoms with van der Waals surface area (Å²) in [7, 11) is 0. The van der Waals surface area contributed by atoms with E-state index in [-0.39, 0.29) is 17.3 Å². The van der Waals surface area contributed by atoms with Gasteiger partial charge in [0.15, 0.2) is 5.96 Å². The molecule has 8 heteroatoms. The molecule has 0 radical (unpaired) electrons. The van der Waals surface area contributed by atoms with Crippen molar-refractivity contribution in [3.05, 3.63) is 36.0 Å². The molecule has 1 unspecified atom stereocenters. The lowest BCUT2D eigenvalue weighted by atomic mass is 9.91. The van der Waals surface area contributed by atoms with Crippen molar-refractivity contribution in [2.24, 2.45) is 16.1 Å². The van der Waals surface area contributed by atoms with Gasteiger partial charge in [0.1, 0.15) is 11.7 Å². The zero-order valence-corrected chi connectivity index (χ0v) is 14.7. The molecule has 5 rings (SSSR count). The van der Waals surface area contributed by atoms with Gasteiger partial charge in [0.2, 0.25) is 0 Å². The molecule has 1 amide bonds. The van der Waals surface area contributed by atoms with Crippen molar-refractivity contribution in [3.63, 3.8) is 0 Å². The summed E-state index contributed by atoms with van der Waals surface area (Å²) in [6.07, 6.45) is 0. The standard InChI is InChI=1S/C18H22N4O4/c1-11(18-24-8-17(2,9-25-18)10-26-18)20-16(19)22-15(23)14-7-12-5-3-4-6-13(12)21-14/h3-7,11,21H,8-10H2,1-2H3,(H3,19,20,22,23). The maximum Gasteiger partial charge on any atom is 0.306 e. The molecule has 4 N–H and O–H groups in total. The Morgan fingerprint density at radius 2 is 1.92 bits per heavy atom. The third-order valence-electron chi connectivity index (χ3n) is 4.73. The van der Waals surface area contributed by atoms with Crippen molar-refractivity contribution in [1.82, 2.24) is 10.3 Å². The number of nitrogens with zero attached hydrogens (tertiary/aromatic N) is 1. The fraction of sp³-hybridized carbons (Fsp3) is 0.444. The van der Waals surface area contributed by atoms with Crippen LogP contribution in [0.2, 0.25) is 0 Å². The highest BCUT2D eigenvalue weighted by Gasteiger charge is 2.53. The smallest absolute Gasteiger partial charge is 0.306 e. The van der Waals surface area contributed by atoms with Crippen LogP contribution in [-0.2, 0) is 14.2 Å². The number of nitrogens with two attached hydrogens (primary N) is 1. The predicted octanol–water partition coefficient (Wildman–Crippen LogP) is 1.34. The first-order valence-electron chi connectivity index (χ1n) is 8.53. The van der Waals surface area contributed by atoms with Crippen LogP contribution in [0.1, 0.15) is 24.3 Å². The lowest BCUT2D eigenvalue weighted by Gasteiger charge is -2.51. The van der Waals surface area contributed by atoms with Crippen LogP contribution >= 0.6 is 0 Å². The molecule has 4 heterocycles. The van der Waals surface area contributed by atoms with E-state index in [1.54, 1.807) is 13.0 Å². The molecule has 138 valence electrons. The van der Waals surface area contributed by atoms with Gasteiger partial charge in [0, 0.05) is 16.3 Å². The molecule has 26 heavy (non-hydrogen) atoms. The zero-order chi connectivity index (χ0) is 18.4. The van der Waals surface area contributed by atoms with Crippen LogP contribution in [0.5, 0.6) is 0 Å². The number of benzene rings is 1. The van der Waals surface area contributed by atoms with Gasteiger partial charge in [-0.15, -0.1) is 0 Å². The van der Waals surface area contributed by atoms with E-state index < -0.39 is 12.0 Å². The van der Waals surface area contributed by atoms with E-state index in [1.807, 2.05) is 31.2 Å². The minimum atomic E-state index is -1.24. The zero-order valence-electron chi connectivity index (χ0n) is 14.7. The molecule has 8 nitrogen and oxygen atoms in total. The summed E-state index contributed by atoms with van der Waals surface area (Å²) in [5, 5.41) is 3.53. The van der Waals surface area contributed by atoms with E-state index in [4.69, 9.17) is 19.9 Å². The lowest BCUT2D eigenvalue weighted by Crippen LogP contribution is -2.63. The molecule has 0 spiro atoms. The highest BCUT2D eigenvalue weighted by molar-refractivity contribution is 6.06. The van der Waals surface area contributed by atoms with Crippen molar-refractivity contribution >= 4 is 22.8 Å². The summed E-state index contributed by atoms with van der Waals surface area (Å²) in [5.74, 6) is -1.63. The molecule has 0 saturated carbocycles. The number of amides is 1. The van der Waals surface area contributed by atoms with Gasteiger partial charge in [-0.25, -0.2) is 4.99 Å². The Bertz CT molecular complexity index is 817. The number of aromatic nitrogens is 1. The van der Waals surface area contributed by atoms with Crippen LogP contribution in [0.15, 0.2) is 35.3 Å². The molecular formula is C18H22N4O4. The number of aliphatic imine (C=N–C) groups is 1. The summed E-state index contributed by atoms with van der Waals surface area (Å²) in [6.45, 7) is 5.42. The van der Waals surface area contributed by atoms with Gasteiger partial charge in [0.05, 0.1) is 19.8 Å². The first-order valence-corrected chi connectivity index (χ1v) is 8.53. The molecule has 1 aromatic carbocycles. The van der Waals surface area contributed by atoms with Crippen molar-refractivity contribution in [2.75, 3.05) is 19.8 Å². The first-order chi connectivity index (χ1) is 12.4.